The van der Waals surface area contributed by atoms with E-state index in [2.05, 4.69) is 50.5 Å². The lowest BCUT2D eigenvalue weighted by Gasteiger charge is -2.23. The van der Waals surface area contributed by atoms with E-state index in [9.17, 15) is 22.8 Å². The minimum atomic E-state index is -5.08. The van der Waals surface area contributed by atoms with Gasteiger partial charge in [-0.05, 0) is 103 Å². The number of halogens is 3. The third kappa shape index (κ3) is 11.0. The minimum Gasteiger partial charge on any atom is -0.475 e. The summed E-state index contributed by atoms with van der Waals surface area (Å²) >= 11 is 0. The van der Waals surface area contributed by atoms with Crippen LogP contribution in [0, 0.1) is 0 Å². The molecule has 6 rings (SSSR count). The van der Waals surface area contributed by atoms with Crippen molar-refractivity contribution < 1.29 is 32.7 Å². The number of alkyl halides is 3. The van der Waals surface area contributed by atoms with Crippen LogP contribution in [0.25, 0.3) is 22.0 Å². The van der Waals surface area contributed by atoms with Crippen molar-refractivity contribution in [3.8, 4) is 11.1 Å². The maximum atomic E-state index is 13.7. The monoisotopic (exact) mass is 713 g/mol. The van der Waals surface area contributed by atoms with Crippen LogP contribution in [0.15, 0.2) is 104 Å². The topological polar surface area (TPSA) is 119 Å². The number of para-hydroxylation sites is 1. The highest BCUT2D eigenvalue weighted by atomic mass is 19.4. The van der Waals surface area contributed by atoms with Gasteiger partial charge in [-0.15, -0.1) is 0 Å². The molecule has 0 aliphatic carbocycles. The number of H-pyrrole nitrogens is 1. The fourth-order valence-electron chi connectivity index (χ4n) is 6.19. The Bertz CT molecular complexity index is 1940. The highest BCUT2D eigenvalue weighted by Crippen LogP contribution is 2.24. The summed E-state index contributed by atoms with van der Waals surface area (Å²) < 4.78 is 31.7. The number of nitrogens with zero attached hydrogens (tertiary/aromatic N) is 3. The first-order valence-corrected chi connectivity index (χ1v) is 17.3. The Hall–Kier alpha value is -5.49. The molecule has 0 radical (unpaired) electrons. The molecule has 1 saturated heterocycles. The normalized spacial score (nSPS) is 13.0. The number of carbonyl (C=O) groups excluding carboxylic acids is 2. The summed E-state index contributed by atoms with van der Waals surface area (Å²) in [6, 6.07) is 28.3. The summed E-state index contributed by atoms with van der Waals surface area (Å²) in [7, 11) is 0. The van der Waals surface area contributed by atoms with E-state index in [0.717, 1.165) is 59.4 Å². The largest absolute Gasteiger partial charge is 0.490 e. The van der Waals surface area contributed by atoms with Crippen LogP contribution >= 0.6 is 0 Å². The van der Waals surface area contributed by atoms with E-state index in [1.165, 1.54) is 18.2 Å². The zero-order chi connectivity index (χ0) is 36.9. The predicted octanol–water partition coefficient (Wildman–Crippen LogP) is 6.89. The van der Waals surface area contributed by atoms with Crippen LogP contribution in [0.4, 0.5) is 13.2 Å². The lowest BCUT2D eigenvalue weighted by molar-refractivity contribution is -0.192. The van der Waals surface area contributed by atoms with Crippen molar-refractivity contribution in [1.29, 1.82) is 0 Å². The average molecular weight is 714 g/mol. The Morgan fingerprint density at radius 2 is 1.56 bits per heavy atom. The molecule has 1 aliphatic heterocycles. The summed E-state index contributed by atoms with van der Waals surface area (Å²) in [4.78, 5) is 47.3. The van der Waals surface area contributed by atoms with Crippen molar-refractivity contribution in [3.05, 3.63) is 126 Å². The first kappa shape index (κ1) is 37.8. The number of carbonyl (C=O) groups is 3. The molecule has 0 bridgehead atoms. The molecule has 3 heterocycles. The molecule has 2 amide bonds. The smallest absolute Gasteiger partial charge is 0.475 e. The molecule has 52 heavy (non-hydrogen) atoms. The van der Waals surface area contributed by atoms with Gasteiger partial charge in [0.15, 0.2) is 0 Å². The molecule has 0 atom stereocenters. The van der Waals surface area contributed by atoms with Crippen LogP contribution in [0.5, 0.6) is 0 Å². The number of aliphatic carboxylic acids is 1. The minimum absolute atomic E-state index is 0.0460. The molecule has 0 unspecified atom stereocenters. The van der Waals surface area contributed by atoms with Crippen LogP contribution in [0.1, 0.15) is 46.3 Å². The van der Waals surface area contributed by atoms with Crippen LogP contribution in [0.2, 0.25) is 0 Å². The zero-order valence-corrected chi connectivity index (χ0v) is 28.7. The van der Waals surface area contributed by atoms with Gasteiger partial charge in [-0.25, -0.2) is 4.79 Å². The maximum Gasteiger partial charge on any atom is 0.490 e. The number of rotatable bonds is 13. The van der Waals surface area contributed by atoms with Crippen molar-refractivity contribution in [2.24, 2.45) is 0 Å². The van der Waals surface area contributed by atoms with Gasteiger partial charge in [-0.3, -0.25) is 14.6 Å². The molecule has 0 spiro atoms. The van der Waals surface area contributed by atoms with Gasteiger partial charge in [0.1, 0.15) is 0 Å². The van der Waals surface area contributed by atoms with Crippen molar-refractivity contribution in [2.45, 2.75) is 44.8 Å². The number of carboxylic acids is 1. The molecule has 5 aromatic rings. The van der Waals surface area contributed by atoms with E-state index >= 15 is 0 Å². The second-order valence-electron chi connectivity index (χ2n) is 12.7. The number of fused-ring (bicyclic) bond motifs is 1. The third-order valence-electron chi connectivity index (χ3n) is 8.97. The van der Waals surface area contributed by atoms with Gasteiger partial charge in [0.2, 0.25) is 5.91 Å². The number of pyridine rings is 1. The molecule has 9 nitrogen and oxygen atoms in total. The fraction of sp³-hybridized carbons (Fsp3) is 0.300. The fourth-order valence-corrected chi connectivity index (χ4v) is 6.19. The van der Waals surface area contributed by atoms with Crippen molar-refractivity contribution in [1.82, 2.24) is 25.1 Å². The van der Waals surface area contributed by atoms with Crippen molar-refractivity contribution in [2.75, 3.05) is 32.7 Å². The SMILES string of the molecule is O=C(NCCN1CCCC1)c1cccc(-c2cccc(CN(CCc3ccncc3)C(=O)CCc3c[nH]c4ccccc34)c2)c1.O=C(O)C(F)(F)F. The summed E-state index contributed by atoms with van der Waals surface area (Å²) in [6.07, 6.45) is 4.90. The number of amides is 2. The average Bonchev–Trinajstić information content (AvgIpc) is 3.83. The second kappa shape index (κ2) is 18.1. The molecule has 12 heteroatoms. The molecule has 2 aromatic heterocycles. The summed E-state index contributed by atoms with van der Waals surface area (Å²) in [5.74, 6) is -2.67. The van der Waals surface area contributed by atoms with Gasteiger partial charge in [-0.2, -0.15) is 13.2 Å². The maximum absolute atomic E-state index is 13.7. The van der Waals surface area contributed by atoms with Gasteiger partial charge < -0.3 is 25.2 Å². The molecule has 0 saturated carbocycles. The zero-order valence-electron chi connectivity index (χ0n) is 28.7. The first-order chi connectivity index (χ1) is 25.1. The second-order valence-corrected chi connectivity index (χ2v) is 12.7. The summed E-state index contributed by atoms with van der Waals surface area (Å²) in [5, 5.41) is 11.4. The van der Waals surface area contributed by atoms with E-state index in [-0.39, 0.29) is 11.8 Å². The molecular weight excluding hydrogens is 671 g/mol. The highest BCUT2D eigenvalue weighted by Gasteiger charge is 2.38. The highest BCUT2D eigenvalue weighted by molar-refractivity contribution is 5.95. The van der Waals surface area contributed by atoms with E-state index in [1.54, 1.807) is 12.4 Å². The molecule has 1 fully saturated rings. The van der Waals surface area contributed by atoms with Crippen molar-refractivity contribution in [3.63, 3.8) is 0 Å². The lowest BCUT2D eigenvalue weighted by atomic mass is 10.0. The molecular formula is C40H42F3N5O4. The number of benzene rings is 3. The summed E-state index contributed by atoms with van der Waals surface area (Å²) in [5.41, 5.74) is 7.14. The number of likely N-dealkylation sites (tertiary alicyclic amines) is 1. The number of aromatic nitrogens is 2. The number of hydrogen-bond donors (Lipinski definition) is 3. The molecule has 272 valence electrons. The number of nitrogens with one attached hydrogen (secondary N) is 2. The standard InChI is InChI=1S/C38H41N5O2.C2HF3O2/c44-37(14-13-34-27-41-36-12-2-1-11-35(34)36)43(23-17-29-15-18-39-19-16-29)28-30-7-5-8-31(25-30)32-9-6-10-33(26-32)38(45)40-20-24-42-21-3-4-22-42;3-2(4,5)1(6)7/h1-2,5-12,15-16,18-19,25-27,41H,3-4,13-14,17,20-24,28H2,(H,40,45);(H,6,7). The molecule has 1 aliphatic rings. The number of aromatic amines is 1. The van der Waals surface area contributed by atoms with Gasteiger partial charge in [0.25, 0.3) is 5.91 Å². The van der Waals surface area contributed by atoms with E-state index in [4.69, 9.17) is 9.90 Å². The van der Waals surface area contributed by atoms with Crippen LogP contribution in [-0.4, -0.2) is 81.6 Å². The lowest BCUT2D eigenvalue weighted by Crippen LogP contribution is -2.33. The molecule has 3 N–H and O–H groups in total. The number of carboxylic acid groups (broad SMARTS) is 1. The number of hydrogen-bond acceptors (Lipinski definition) is 5. The number of aryl methyl sites for hydroxylation is 1. The van der Waals surface area contributed by atoms with Crippen LogP contribution in [0.3, 0.4) is 0 Å². The predicted molar refractivity (Wildman–Crippen MR) is 194 cm³/mol. The van der Waals surface area contributed by atoms with Gasteiger partial charge in [-0.1, -0.05) is 48.5 Å². The Kier molecular flexibility index (Phi) is 13.2. The van der Waals surface area contributed by atoms with Crippen LogP contribution in [-0.2, 0) is 29.0 Å². The molecule has 3 aromatic carbocycles. The van der Waals surface area contributed by atoms with Gasteiger partial charge >= 0.3 is 12.1 Å². The van der Waals surface area contributed by atoms with E-state index in [1.807, 2.05) is 65.7 Å². The van der Waals surface area contributed by atoms with Crippen LogP contribution < -0.4 is 5.32 Å². The van der Waals surface area contributed by atoms with E-state index in [0.29, 0.717) is 38.0 Å². The Morgan fingerprint density at radius 3 is 2.29 bits per heavy atom. The third-order valence-corrected chi connectivity index (χ3v) is 8.97. The Balaban J connectivity index is 0.000000679. The first-order valence-electron chi connectivity index (χ1n) is 17.3. The van der Waals surface area contributed by atoms with Gasteiger partial charge in [0, 0.05) is 67.7 Å². The Labute approximate surface area is 300 Å². The quantitative estimate of drug-likeness (QED) is 0.122. The van der Waals surface area contributed by atoms with Crippen molar-refractivity contribution >= 4 is 28.7 Å². The van der Waals surface area contributed by atoms with E-state index < -0.39 is 12.1 Å². The Morgan fingerprint density at radius 1 is 0.865 bits per heavy atom. The van der Waals surface area contributed by atoms with Gasteiger partial charge in [0.05, 0.1) is 0 Å². The summed E-state index contributed by atoms with van der Waals surface area (Å²) in [6.45, 7) is 4.93.